The standard InChI is InChI=1S/C13H15NO2S/c15-13-16-12-10(4-1-5-11(12)17-13)7-9-3-2-6-14-8-9/h1,4-5,9,14H,2-3,6-8H2. The molecule has 4 heteroatoms. The zero-order chi connectivity index (χ0) is 11.7. The third kappa shape index (κ3) is 2.28. The molecule has 1 saturated heterocycles. The van der Waals surface area contributed by atoms with Crippen LogP contribution in [0.1, 0.15) is 18.4 Å². The molecule has 3 rings (SSSR count). The maximum atomic E-state index is 11.3. The normalized spacial score (nSPS) is 20.8. The number of hydrogen-bond donors (Lipinski definition) is 1. The minimum absolute atomic E-state index is 0.200. The molecule has 1 aliphatic rings. The van der Waals surface area contributed by atoms with Crippen LogP contribution in [0, 0.1) is 5.92 Å². The molecule has 1 unspecified atom stereocenters. The fraction of sp³-hybridized carbons (Fsp3) is 0.462. The van der Waals surface area contributed by atoms with Crippen LogP contribution < -0.4 is 10.3 Å². The number of nitrogens with one attached hydrogen (secondary N) is 1. The van der Waals surface area contributed by atoms with E-state index in [1.54, 1.807) is 0 Å². The van der Waals surface area contributed by atoms with E-state index in [2.05, 4.69) is 11.4 Å². The summed E-state index contributed by atoms with van der Waals surface area (Å²) >= 11 is 1.19. The van der Waals surface area contributed by atoms with Crippen molar-refractivity contribution in [2.45, 2.75) is 19.3 Å². The maximum absolute atomic E-state index is 11.3. The molecule has 17 heavy (non-hydrogen) atoms. The molecular weight excluding hydrogens is 234 g/mol. The summed E-state index contributed by atoms with van der Waals surface area (Å²) in [5.41, 5.74) is 1.97. The summed E-state index contributed by atoms with van der Waals surface area (Å²) < 4.78 is 6.25. The van der Waals surface area contributed by atoms with Gasteiger partial charge in [-0.15, -0.1) is 0 Å². The van der Waals surface area contributed by atoms with Crippen LogP contribution in [0.25, 0.3) is 10.3 Å². The summed E-state index contributed by atoms with van der Waals surface area (Å²) in [6.45, 7) is 2.21. The number of para-hydroxylation sites is 1. The highest BCUT2D eigenvalue weighted by Crippen LogP contribution is 2.25. The van der Waals surface area contributed by atoms with Crippen molar-refractivity contribution < 1.29 is 4.42 Å². The predicted molar refractivity (Wildman–Crippen MR) is 69.7 cm³/mol. The molecule has 2 aromatic rings. The first-order valence-corrected chi connectivity index (χ1v) is 6.87. The minimum atomic E-state index is -0.200. The molecular formula is C13H15NO2S. The summed E-state index contributed by atoms with van der Waals surface area (Å²) in [6, 6.07) is 6.04. The Morgan fingerprint density at radius 3 is 3.24 bits per heavy atom. The zero-order valence-corrected chi connectivity index (χ0v) is 10.4. The molecule has 0 bridgehead atoms. The van der Waals surface area contributed by atoms with Crippen LogP contribution in [0.4, 0.5) is 0 Å². The molecule has 1 N–H and O–H groups in total. The number of piperidine rings is 1. The summed E-state index contributed by atoms with van der Waals surface area (Å²) in [5, 5.41) is 3.42. The van der Waals surface area contributed by atoms with Gasteiger partial charge < -0.3 is 9.73 Å². The van der Waals surface area contributed by atoms with Gasteiger partial charge >= 0.3 is 4.94 Å². The summed E-state index contributed by atoms with van der Waals surface area (Å²) in [5.74, 6) is 0.666. The van der Waals surface area contributed by atoms with Crippen LogP contribution in [-0.4, -0.2) is 13.1 Å². The number of rotatable bonds is 2. The van der Waals surface area contributed by atoms with Crippen LogP contribution in [-0.2, 0) is 6.42 Å². The van der Waals surface area contributed by atoms with Crippen molar-refractivity contribution in [3.63, 3.8) is 0 Å². The van der Waals surface area contributed by atoms with Crippen LogP contribution >= 0.6 is 11.3 Å². The van der Waals surface area contributed by atoms with E-state index in [4.69, 9.17) is 4.42 Å². The SMILES string of the molecule is O=c1oc2c(CC3CCCNC3)cccc2s1. The van der Waals surface area contributed by atoms with E-state index in [-0.39, 0.29) is 4.94 Å². The lowest BCUT2D eigenvalue weighted by Gasteiger charge is -2.22. The summed E-state index contributed by atoms with van der Waals surface area (Å²) in [6.07, 6.45) is 3.51. The minimum Gasteiger partial charge on any atom is -0.414 e. The zero-order valence-electron chi connectivity index (χ0n) is 9.57. The number of hydrogen-bond acceptors (Lipinski definition) is 4. The van der Waals surface area contributed by atoms with Gasteiger partial charge in [-0.25, -0.2) is 4.79 Å². The molecule has 3 nitrogen and oxygen atoms in total. The molecule has 90 valence electrons. The van der Waals surface area contributed by atoms with Crippen LogP contribution in [0.2, 0.25) is 0 Å². The van der Waals surface area contributed by atoms with E-state index in [9.17, 15) is 4.79 Å². The smallest absolute Gasteiger partial charge is 0.396 e. The molecule has 0 aliphatic carbocycles. The van der Waals surface area contributed by atoms with Gasteiger partial charge in [0.05, 0.1) is 4.70 Å². The fourth-order valence-corrected chi connectivity index (χ4v) is 3.24. The highest BCUT2D eigenvalue weighted by atomic mass is 32.1. The van der Waals surface area contributed by atoms with E-state index in [0.29, 0.717) is 5.92 Å². The lowest BCUT2D eigenvalue weighted by molar-refractivity contribution is 0.375. The van der Waals surface area contributed by atoms with Gasteiger partial charge in [-0.1, -0.05) is 23.5 Å². The van der Waals surface area contributed by atoms with Crippen molar-refractivity contribution in [2.24, 2.45) is 5.92 Å². The molecule has 0 amide bonds. The highest BCUT2D eigenvalue weighted by molar-refractivity contribution is 7.16. The second-order valence-electron chi connectivity index (χ2n) is 4.62. The van der Waals surface area contributed by atoms with Crippen LogP contribution in [0.5, 0.6) is 0 Å². The lowest BCUT2D eigenvalue weighted by atomic mass is 9.92. The quantitative estimate of drug-likeness (QED) is 0.888. The van der Waals surface area contributed by atoms with Crippen LogP contribution in [0.15, 0.2) is 27.4 Å². The first-order chi connectivity index (χ1) is 8.33. The van der Waals surface area contributed by atoms with E-state index in [1.165, 1.54) is 29.7 Å². The van der Waals surface area contributed by atoms with Gasteiger partial charge in [-0.3, -0.25) is 0 Å². The van der Waals surface area contributed by atoms with Gasteiger partial charge in [-0.05, 0) is 49.9 Å². The first kappa shape index (κ1) is 11.0. The van der Waals surface area contributed by atoms with E-state index < -0.39 is 0 Å². The van der Waals surface area contributed by atoms with E-state index in [1.807, 2.05) is 12.1 Å². The second kappa shape index (κ2) is 4.63. The third-order valence-corrected chi connectivity index (χ3v) is 4.14. The topological polar surface area (TPSA) is 42.2 Å². The lowest BCUT2D eigenvalue weighted by Crippen LogP contribution is -2.30. The Kier molecular flexibility index (Phi) is 2.99. The Hall–Kier alpha value is -1.13. The van der Waals surface area contributed by atoms with Gasteiger partial charge in [0.1, 0.15) is 0 Å². The van der Waals surface area contributed by atoms with Gasteiger partial charge in [0.2, 0.25) is 0 Å². The average Bonchev–Trinajstić information content (AvgIpc) is 2.72. The van der Waals surface area contributed by atoms with Crippen molar-refractivity contribution in [3.8, 4) is 0 Å². The Balaban J connectivity index is 1.91. The maximum Gasteiger partial charge on any atom is 0.396 e. The monoisotopic (exact) mass is 249 g/mol. The molecule has 0 spiro atoms. The van der Waals surface area contributed by atoms with Crippen molar-refractivity contribution in [1.29, 1.82) is 0 Å². The number of benzene rings is 1. The molecule has 2 heterocycles. The molecule has 1 aromatic heterocycles. The van der Waals surface area contributed by atoms with Gasteiger partial charge in [-0.2, -0.15) is 0 Å². The predicted octanol–water partition coefficient (Wildman–Crippen LogP) is 2.40. The van der Waals surface area contributed by atoms with E-state index in [0.717, 1.165) is 29.8 Å². The second-order valence-corrected chi connectivity index (χ2v) is 5.59. The fourth-order valence-electron chi connectivity index (χ4n) is 2.52. The molecule has 1 aromatic carbocycles. The Bertz CT molecular complexity index is 566. The Morgan fingerprint density at radius 1 is 1.47 bits per heavy atom. The Morgan fingerprint density at radius 2 is 2.41 bits per heavy atom. The molecule has 0 radical (unpaired) electrons. The molecule has 0 saturated carbocycles. The van der Waals surface area contributed by atoms with Crippen molar-refractivity contribution in [1.82, 2.24) is 5.32 Å². The third-order valence-electron chi connectivity index (χ3n) is 3.35. The first-order valence-electron chi connectivity index (χ1n) is 6.05. The Labute approximate surface area is 103 Å². The molecule has 1 fully saturated rings. The van der Waals surface area contributed by atoms with Crippen LogP contribution in [0.3, 0.4) is 0 Å². The van der Waals surface area contributed by atoms with Crippen molar-refractivity contribution in [2.75, 3.05) is 13.1 Å². The van der Waals surface area contributed by atoms with Crippen molar-refractivity contribution in [3.05, 3.63) is 33.5 Å². The van der Waals surface area contributed by atoms with Gasteiger partial charge in [0.25, 0.3) is 0 Å². The average molecular weight is 249 g/mol. The van der Waals surface area contributed by atoms with Gasteiger partial charge in [0.15, 0.2) is 5.58 Å². The van der Waals surface area contributed by atoms with Gasteiger partial charge in [0, 0.05) is 0 Å². The van der Waals surface area contributed by atoms with E-state index >= 15 is 0 Å². The largest absolute Gasteiger partial charge is 0.414 e. The number of fused-ring (bicyclic) bond motifs is 1. The summed E-state index contributed by atoms with van der Waals surface area (Å²) in [4.78, 5) is 11.1. The molecule has 1 aliphatic heterocycles. The molecule has 1 atom stereocenters. The highest BCUT2D eigenvalue weighted by Gasteiger charge is 2.16. The summed E-state index contributed by atoms with van der Waals surface area (Å²) in [7, 11) is 0. The van der Waals surface area contributed by atoms with Crippen molar-refractivity contribution >= 4 is 21.6 Å².